The van der Waals surface area contributed by atoms with E-state index in [1.54, 1.807) is 6.20 Å². The van der Waals surface area contributed by atoms with Crippen molar-refractivity contribution < 1.29 is 9.59 Å². The molecule has 160 valence electrons. The van der Waals surface area contributed by atoms with E-state index in [-0.39, 0.29) is 11.8 Å². The lowest BCUT2D eigenvalue weighted by molar-refractivity contribution is -0.122. The van der Waals surface area contributed by atoms with Crippen molar-refractivity contribution in [3.8, 4) is 0 Å². The minimum Gasteiger partial charge on any atom is -0.347 e. The van der Waals surface area contributed by atoms with Gasteiger partial charge in [0.05, 0.1) is 17.5 Å². The van der Waals surface area contributed by atoms with Gasteiger partial charge in [-0.15, -0.1) is 0 Å². The zero-order valence-electron chi connectivity index (χ0n) is 18.1. The SMILES string of the molecule is Cc1ccc2c(c1)c(C1=C(c3ccccc3C)C(=O)NC1=O)cn2CCCn1ccnc1. The molecule has 1 aliphatic heterocycles. The molecule has 0 fully saturated rings. The zero-order chi connectivity index (χ0) is 22.2. The number of imidazole rings is 1. The van der Waals surface area contributed by atoms with E-state index in [2.05, 4.69) is 37.6 Å². The molecule has 32 heavy (non-hydrogen) atoms. The maximum absolute atomic E-state index is 13.0. The van der Waals surface area contributed by atoms with Crippen LogP contribution in [-0.2, 0) is 22.7 Å². The summed E-state index contributed by atoms with van der Waals surface area (Å²) in [6.45, 7) is 5.65. The van der Waals surface area contributed by atoms with E-state index in [9.17, 15) is 9.59 Å². The van der Waals surface area contributed by atoms with Crippen LogP contribution in [0.25, 0.3) is 22.0 Å². The summed E-state index contributed by atoms with van der Waals surface area (Å²) in [5.74, 6) is -0.680. The molecule has 0 spiro atoms. The van der Waals surface area contributed by atoms with Gasteiger partial charge in [0.15, 0.2) is 0 Å². The van der Waals surface area contributed by atoms with Crippen molar-refractivity contribution in [1.29, 1.82) is 0 Å². The van der Waals surface area contributed by atoms with E-state index in [0.29, 0.717) is 11.1 Å². The Morgan fingerprint density at radius 1 is 0.938 bits per heavy atom. The maximum Gasteiger partial charge on any atom is 0.259 e. The second kappa shape index (κ2) is 7.96. The van der Waals surface area contributed by atoms with Crippen LogP contribution in [0.3, 0.4) is 0 Å². The third-order valence-corrected chi connectivity index (χ3v) is 6.03. The van der Waals surface area contributed by atoms with Crippen LogP contribution in [0.1, 0.15) is 28.7 Å². The first-order valence-corrected chi connectivity index (χ1v) is 10.7. The standard InChI is InChI=1S/C26H24N4O2/c1-17-8-9-22-20(14-17)21(15-30(22)12-5-11-29-13-10-27-16-29)24-23(25(31)28-26(24)32)19-7-4-3-6-18(19)2/h3-4,6-10,13-16H,5,11-12H2,1-2H3,(H,28,31,32). The van der Waals surface area contributed by atoms with Crippen molar-refractivity contribution in [3.05, 3.63) is 89.6 Å². The number of amides is 2. The van der Waals surface area contributed by atoms with Crippen LogP contribution in [0.15, 0.2) is 67.4 Å². The molecule has 6 heteroatoms. The molecule has 2 aromatic carbocycles. The van der Waals surface area contributed by atoms with Gasteiger partial charge in [-0.25, -0.2) is 4.98 Å². The first-order valence-electron chi connectivity index (χ1n) is 10.7. The van der Waals surface area contributed by atoms with Crippen molar-refractivity contribution in [2.45, 2.75) is 33.4 Å². The zero-order valence-corrected chi connectivity index (χ0v) is 18.1. The Kier molecular flexibility index (Phi) is 4.98. The number of fused-ring (bicyclic) bond motifs is 1. The van der Waals surface area contributed by atoms with Gasteiger partial charge in [0.25, 0.3) is 11.8 Å². The number of aromatic nitrogens is 3. The topological polar surface area (TPSA) is 68.9 Å². The Balaban J connectivity index is 1.64. The van der Waals surface area contributed by atoms with Gasteiger partial charge in [-0.1, -0.05) is 35.9 Å². The minimum absolute atomic E-state index is 0.340. The average Bonchev–Trinajstić information content (AvgIpc) is 3.47. The Morgan fingerprint density at radius 3 is 2.47 bits per heavy atom. The van der Waals surface area contributed by atoms with E-state index in [1.807, 2.05) is 56.8 Å². The van der Waals surface area contributed by atoms with Crippen molar-refractivity contribution in [2.75, 3.05) is 0 Å². The van der Waals surface area contributed by atoms with E-state index >= 15 is 0 Å². The second-order valence-corrected chi connectivity index (χ2v) is 8.26. The number of imide groups is 1. The average molecular weight is 425 g/mol. The molecule has 0 saturated carbocycles. The molecule has 0 atom stereocenters. The molecule has 6 nitrogen and oxygen atoms in total. The predicted molar refractivity (Wildman–Crippen MR) is 125 cm³/mol. The van der Waals surface area contributed by atoms with E-state index < -0.39 is 0 Å². The summed E-state index contributed by atoms with van der Waals surface area (Å²) in [4.78, 5) is 29.9. The number of benzene rings is 2. The lowest BCUT2D eigenvalue weighted by Crippen LogP contribution is -2.22. The number of nitrogens with one attached hydrogen (secondary N) is 1. The minimum atomic E-state index is -0.341. The molecule has 0 unspecified atom stereocenters. The van der Waals surface area contributed by atoms with E-state index in [1.165, 1.54) is 0 Å². The summed E-state index contributed by atoms with van der Waals surface area (Å²) in [5, 5.41) is 3.50. The monoisotopic (exact) mass is 424 g/mol. The van der Waals surface area contributed by atoms with Gasteiger partial charge >= 0.3 is 0 Å². The van der Waals surface area contributed by atoms with Crippen molar-refractivity contribution in [3.63, 3.8) is 0 Å². The number of rotatable bonds is 6. The molecular weight excluding hydrogens is 400 g/mol. The summed E-state index contributed by atoms with van der Waals surface area (Å²) in [7, 11) is 0. The first kappa shape index (κ1) is 20.0. The Labute approximate surface area is 186 Å². The fourth-order valence-corrected chi connectivity index (χ4v) is 4.46. The van der Waals surface area contributed by atoms with Crippen molar-refractivity contribution in [2.24, 2.45) is 0 Å². The number of hydrogen-bond donors (Lipinski definition) is 1. The molecule has 4 aromatic rings. The molecule has 0 bridgehead atoms. The van der Waals surface area contributed by atoms with Crippen LogP contribution < -0.4 is 5.32 Å². The van der Waals surface area contributed by atoms with E-state index in [4.69, 9.17) is 0 Å². The van der Waals surface area contributed by atoms with Gasteiger partial charge in [-0.2, -0.15) is 0 Å². The number of nitrogens with zero attached hydrogens (tertiary/aromatic N) is 3. The summed E-state index contributed by atoms with van der Waals surface area (Å²) in [6, 6.07) is 14.0. The molecular formula is C26H24N4O2. The number of aryl methyl sites for hydroxylation is 4. The lowest BCUT2D eigenvalue weighted by atomic mass is 9.93. The summed E-state index contributed by atoms with van der Waals surface area (Å²) < 4.78 is 4.23. The molecule has 0 aliphatic carbocycles. The van der Waals surface area contributed by atoms with Crippen molar-refractivity contribution in [1.82, 2.24) is 19.4 Å². The van der Waals surface area contributed by atoms with Gasteiger partial charge in [0.2, 0.25) is 0 Å². The van der Waals surface area contributed by atoms with Crippen LogP contribution >= 0.6 is 0 Å². The number of carbonyl (C=O) groups excluding carboxylic acids is 2. The van der Waals surface area contributed by atoms with Gasteiger partial charge in [0, 0.05) is 48.1 Å². The Hall–Kier alpha value is -3.93. The normalized spacial score (nSPS) is 13.9. The van der Waals surface area contributed by atoms with Crippen LogP contribution in [0, 0.1) is 13.8 Å². The third kappa shape index (κ3) is 3.43. The molecule has 1 aliphatic rings. The van der Waals surface area contributed by atoms with Gasteiger partial charge in [0.1, 0.15) is 0 Å². The van der Waals surface area contributed by atoms with E-state index in [0.717, 1.165) is 52.7 Å². The Morgan fingerprint density at radius 2 is 1.72 bits per heavy atom. The molecule has 0 radical (unpaired) electrons. The Bertz CT molecular complexity index is 1380. The molecule has 0 saturated heterocycles. The smallest absolute Gasteiger partial charge is 0.259 e. The van der Waals surface area contributed by atoms with Crippen LogP contribution in [0.2, 0.25) is 0 Å². The van der Waals surface area contributed by atoms with Crippen LogP contribution in [0.5, 0.6) is 0 Å². The highest BCUT2D eigenvalue weighted by Crippen LogP contribution is 2.37. The maximum atomic E-state index is 13.0. The van der Waals surface area contributed by atoms with Crippen LogP contribution in [-0.4, -0.2) is 25.9 Å². The van der Waals surface area contributed by atoms with Gasteiger partial charge < -0.3 is 9.13 Å². The molecule has 3 heterocycles. The highest BCUT2D eigenvalue weighted by molar-refractivity contribution is 6.50. The van der Waals surface area contributed by atoms with Gasteiger partial charge in [-0.3, -0.25) is 14.9 Å². The molecule has 5 rings (SSSR count). The van der Waals surface area contributed by atoms with Crippen LogP contribution in [0.4, 0.5) is 0 Å². The van der Waals surface area contributed by atoms with Gasteiger partial charge in [-0.05, 0) is 43.5 Å². The third-order valence-electron chi connectivity index (χ3n) is 6.03. The highest BCUT2D eigenvalue weighted by Gasteiger charge is 2.34. The molecule has 2 aromatic heterocycles. The fourth-order valence-electron chi connectivity index (χ4n) is 4.46. The first-order chi connectivity index (χ1) is 15.5. The molecule has 2 amide bonds. The summed E-state index contributed by atoms with van der Waals surface area (Å²) >= 11 is 0. The number of hydrogen-bond acceptors (Lipinski definition) is 3. The quantitative estimate of drug-likeness (QED) is 0.474. The second-order valence-electron chi connectivity index (χ2n) is 8.26. The predicted octanol–water partition coefficient (Wildman–Crippen LogP) is 4.11. The highest BCUT2D eigenvalue weighted by atomic mass is 16.2. The summed E-state index contributed by atoms with van der Waals surface area (Å²) in [6.07, 6.45) is 8.49. The van der Waals surface area contributed by atoms with Crippen molar-refractivity contribution >= 4 is 33.9 Å². The largest absolute Gasteiger partial charge is 0.347 e. The summed E-state index contributed by atoms with van der Waals surface area (Å²) in [5.41, 5.74) is 5.62. The lowest BCUT2D eigenvalue weighted by Gasteiger charge is -2.07. The number of carbonyl (C=O) groups is 2. The fraction of sp³-hybridized carbons (Fsp3) is 0.192. The molecule has 1 N–H and O–H groups in total.